The molecule has 1 aromatic rings. The predicted octanol–water partition coefficient (Wildman–Crippen LogP) is 3.80. The molecular weight excluding hydrogens is 254 g/mol. The van der Waals surface area contributed by atoms with Gasteiger partial charge in [0, 0.05) is 0 Å². The number of carbonyl (C=O) groups is 1. The van der Waals surface area contributed by atoms with Crippen LogP contribution in [0.1, 0.15) is 19.4 Å². The third-order valence-electron chi connectivity index (χ3n) is 1.87. The number of alkyl halides is 3. The van der Waals surface area contributed by atoms with Gasteiger partial charge in [0.2, 0.25) is 0 Å². The lowest BCUT2D eigenvalue weighted by Crippen LogP contribution is -2.19. The summed E-state index contributed by atoms with van der Waals surface area (Å²) in [4.78, 5) is 11.2. The van der Waals surface area contributed by atoms with Crippen molar-refractivity contribution in [1.82, 2.24) is 0 Å². The molecule has 0 aliphatic carbocycles. The van der Waals surface area contributed by atoms with Crippen LogP contribution >= 0.6 is 0 Å². The van der Waals surface area contributed by atoms with Gasteiger partial charge in [0.1, 0.15) is 5.82 Å². The van der Waals surface area contributed by atoms with Crippen molar-refractivity contribution in [3.8, 4) is 0 Å². The van der Waals surface area contributed by atoms with E-state index in [1.165, 1.54) is 0 Å². The molecule has 18 heavy (non-hydrogen) atoms. The number of ether oxygens (including phenoxy) is 1. The second-order valence-corrected chi connectivity index (χ2v) is 3.77. The summed E-state index contributed by atoms with van der Waals surface area (Å²) in [7, 11) is 0. The van der Waals surface area contributed by atoms with E-state index < -0.39 is 35.4 Å². The smallest absolute Gasteiger partial charge is 0.416 e. The molecule has 0 saturated carbocycles. The van der Waals surface area contributed by atoms with Crippen molar-refractivity contribution in [3.63, 3.8) is 0 Å². The van der Waals surface area contributed by atoms with Crippen LogP contribution in [0.15, 0.2) is 18.2 Å². The lowest BCUT2D eigenvalue weighted by molar-refractivity contribution is -0.137. The van der Waals surface area contributed by atoms with Gasteiger partial charge in [-0.2, -0.15) is 13.2 Å². The van der Waals surface area contributed by atoms with Crippen LogP contribution in [0.2, 0.25) is 0 Å². The summed E-state index contributed by atoms with van der Waals surface area (Å²) in [5.41, 5.74) is -1.63. The molecule has 0 heterocycles. The minimum atomic E-state index is -4.61. The number of benzene rings is 1. The Hall–Kier alpha value is -1.79. The Morgan fingerprint density at radius 3 is 2.44 bits per heavy atom. The van der Waals surface area contributed by atoms with Gasteiger partial charge in [0.05, 0.1) is 17.4 Å². The molecule has 7 heteroatoms. The van der Waals surface area contributed by atoms with Crippen LogP contribution < -0.4 is 5.32 Å². The molecule has 100 valence electrons. The molecule has 0 saturated heterocycles. The average molecular weight is 265 g/mol. The van der Waals surface area contributed by atoms with Crippen molar-refractivity contribution in [3.05, 3.63) is 29.6 Å². The van der Waals surface area contributed by atoms with E-state index in [0.29, 0.717) is 18.2 Å². The Balaban J connectivity index is 2.92. The molecule has 1 aromatic carbocycles. The van der Waals surface area contributed by atoms with Crippen LogP contribution in [0.3, 0.4) is 0 Å². The number of carbonyl (C=O) groups excluding carboxylic acids is 1. The van der Waals surface area contributed by atoms with E-state index in [4.69, 9.17) is 0 Å². The Morgan fingerprint density at radius 2 is 1.94 bits per heavy atom. The fraction of sp³-hybridized carbons (Fsp3) is 0.364. The van der Waals surface area contributed by atoms with E-state index >= 15 is 0 Å². The summed E-state index contributed by atoms with van der Waals surface area (Å²) in [6.07, 6.45) is -6.08. The van der Waals surface area contributed by atoms with Gasteiger partial charge in [-0.1, -0.05) is 0 Å². The summed E-state index contributed by atoms with van der Waals surface area (Å²) >= 11 is 0. The summed E-state index contributed by atoms with van der Waals surface area (Å²) in [5.74, 6) is -0.969. The van der Waals surface area contributed by atoms with Gasteiger partial charge in [-0.15, -0.1) is 0 Å². The fourth-order valence-electron chi connectivity index (χ4n) is 1.15. The molecular formula is C11H11F4NO2. The van der Waals surface area contributed by atoms with Crippen molar-refractivity contribution < 1.29 is 27.1 Å². The fourth-order valence-corrected chi connectivity index (χ4v) is 1.15. The van der Waals surface area contributed by atoms with Gasteiger partial charge < -0.3 is 4.74 Å². The van der Waals surface area contributed by atoms with Crippen LogP contribution in [0.25, 0.3) is 0 Å². The van der Waals surface area contributed by atoms with E-state index in [1.54, 1.807) is 13.8 Å². The molecule has 0 spiro atoms. The standard InChI is InChI=1S/C11H11F4NO2/c1-6(2)18-10(17)16-9-5-7(11(13,14)15)3-4-8(9)12/h3-6H,1-2H3,(H,16,17). The first-order valence-corrected chi connectivity index (χ1v) is 5.04. The Bertz CT molecular complexity index is 443. The first kappa shape index (κ1) is 14.3. The maximum absolute atomic E-state index is 13.2. The second-order valence-electron chi connectivity index (χ2n) is 3.77. The number of halogens is 4. The number of rotatable bonds is 2. The molecule has 0 unspecified atom stereocenters. The number of nitrogens with one attached hydrogen (secondary N) is 1. The Morgan fingerprint density at radius 1 is 1.33 bits per heavy atom. The first-order valence-electron chi connectivity index (χ1n) is 5.04. The molecule has 3 nitrogen and oxygen atoms in total. The molecule has 0 aliphatic heterocycles. The normalized spacial score (nSPS) is 11.5. The van der Waals surface area contributed by atoms with E-state index in [9.17, 15) is 22.4 Å². The Labute approximate surface area is 101 Å². The third kappa shape index (κ3) is 3.90. The monoisotopic (exact) mass is 265 g/mol. The molecule has 1 amide bonds. The van der Waals surface area contributed by atoms with Crippen molar-refractivity contribution in [2.75, 3.05) is 5.32 Å². The van der Waals surface area contributed by atoms with E-state index in [1.807, 2.05) is 5.32 Å². The maximum Gasteiger partial charge on any atom is 0.416 e. The van der Waals surface area contributed by atoms with Gasteiger partial charge >= 0.3 is 12.3 Å². The molecule has 0 aliphatic rings. The lowest BCUT2D eigenvalue weighted by atomic mass is 10.2. The zero-order valence-electron chi connectivity index (χ0n) is 9.64. The van der Waals surface area contributed by atoms with Crippen LogP contribution in [0.4, 0.5) is 28.0 Å². The van der Waals surface area contributed by atoms with Crippen LogP contribution in [-0.4, -0.2) is 12.2 Å². The highest BCUT2D eigenvalue weighted by Gasteiger charge is 2.31. The van der Waals surface area contributed by atoms with Gasteiger partial charge in [-0.05, 0) is 32.0 Å². The zero-order chi connectivity index (χ0) is 13.9. The molecule has 0 aromatic heterocycles. The quantitative estimate of drug-likeness (QED) is 0.826. The molecule has 0 atom stereocenters. The summed E-state index contributed by atoms with van der Waals surface area (Å²) < 4.78 is 55.0. The van der Waals surface area contributed by atoms with Crippen molar-refractivity contribution in [2.45, 2.75) is 26.1 Å². The van der Waals surface area contributed by atoms with Gasteiger partial charge in [0.15, 0.2) is 0 Å². The molecule has 0 radical (unpaired) electrons. The van der Waals surface area contributed by atoms with Crippen LogP contribution in [0.5, 0.6) is 0 Å². The molecule has 1 N–H and O–H groups in total. The minimum absolute atomic E-state index is 0.459. The maximum atomic E-state index is 13.2. The van der Waals surface area contributed by atoms with Gasteiger partial charge in [0.25, 0.3) is 0 Å². The topological polar surface area (TPSA) is 38.3 Å². The largest absolute Gasteiger partial charge is 0.447 e. The number of amides is 1. The van der Waals surface area contributed by atoms with Crippen LogP contribution in [0, 0.1) is 5.82 Å². The predicted molar refractivity (Wildman–Crippen MR) is 56.6 cm³/mol. The minimum Gasteiger partial charge on any atom is -0.447 e. The second kappa shape index (κ2) is 5.24. The van der Waals surface area contributed by atoms with Crippen LogP contribution in [-0.2, 0) is 10.9 Å². The highest BCUT2D eigenvalue weighted by atomic mass is 19.4. The summed E-state index contributed by atoms with van der Waals surface area (Å²) in [5, 5.41) is 1.92. The summed E-state index contributed by atoms with van der Waals surface area (Å²) in [6.45, 7) is 3.12. The number of hydrogen-bond acceptors (Lipinski definition) is 2. The number of anilines is 1. The third-order valence-corrected chi connectivity index (χ3v) is 1.87. The molecule has 1 rings (SSSR count). The average Bonchev–Trinajstić information content (AvgIpc) is 2.18. The Kier molecular flexibility index (Phi) is 4.15. The van der Waals surface area contributed by atoms with E-state index in [-0.39, 0.29) is 0 Å². The zero-order valence-corrected chi connectivity index (χ0v) is 9.64. The first-order chi connectivity index (χ1) is 8.20. The van der Waals surface area contributed by atoms with Crippen molar-refractivity contribution >= 4 is 11.8 Å². The van der Waals surface area contributed by atoms with E-state index in [0.717, 1.165) is 0 Å². The van der Waals surface area contributed by atoms with Gasteiger partial charge in [-0.25, -0.2) is 9.18 Å². The van der Waals surface area contributed by atoms with Gasteiger partial charge in [-0.3, -0.25) is 5.32 Å². The molecule has 0 fully saturated rings. The SMILES string of the molecule is CC(C)OC(=O)Nc1cc(C(F)(F)F)ccc1F. The van der Waals surface area contributed by atoms with Crippen molar-refractivity contribution in [2.24, 2.45) is 0 Å². The highest BCUT2D eigenvalue weighted by Crippen LogP contribution is 2.31. The molecule has 0 bridgehead atoms. The van der Waals surface area contributed by atoms with E-state index in [2.05, 4.69) is 4.74 Å². The summed E-state index contributed by atoms with van der Waals surface area (Å²) in [6, 6.07) is 1.74. The highest BCUT2D eigenvalue weighted by molar-refractivity contribution is 5.85. The lowest BCUT2D eigenvalue weighted by Gasteiger charge is -2.12. The van der Waals surface area contributed by atoms with Crippen molar-refractivity contribution in [1.29, 1.82) is 0 Å². The number of hydrogen-bond donors (Lipinski definition) is 1.